The molecule has 1 atom stereocenters. The van der Waals surface area contributed by atoms with E-state index < -0.39 is 0 Å². The summed E-state index contributed by atoms with van der Waals surface area (Å²) in [7, 11) is 3.19. The van der Waals surface area contributed by atoms with Gasteiger partial charge in [0.05, 0.1) is 20.4 Å². The summed E-state index contributed by atoms with van der Waals surface area (Å²) in [6.07, 6.45) is 4.13. The van der Waals surface area contributed by atoms with E-state index in [0.29, 0.717) is 23.2 Å². The third-order valence-electron chi connectivity index (χ3n) is 5.35. The van der Waals surface area contributed by atoms with Gasteiger partial charge in [-0.2, -0.15) is 0 Å². The topological polar surface area (TPSA) is 55.2 Å². The van der Waals surface area contributed by atoms with E-state index in [4.69, 9.17) is 13.9 Å². The van der Waals surface area contributed by atoms with E-state index in [1.165, 1.54) is 32.4 Å². The molecule has 0 amide bonds. The quantitative estimate of drug-likeness (QED) is 0.794. The lowest BCUT2D eigenvalue weighted by Gasteiger charge is -2.40. The molecule has 0 spiro atoms. The smallest absolute Gasteiger partial charge is 0.336 e. The summed E-state index contributed by atoms with van der Waals surface area (Å²) in [5.41, 5.74) is 1.20. The van der Waals surface area contributed by atoms with Crippen molar-refractivity contribution < 1.29 is 13.9 Å². The van der Waals surface area contributed by atoms with Gasteiger partial charge in [-0.3, -0.25) is 9.80 Å². The second-order valence-electron chi connectivity index (χ2n) is 6.78. The number of fused-ring (bicyclic) bond motifs is 2. The number of rotatable bonds is 4. The monoisotopic (exact) mass is 344 g/mol. The Bertz CT molecular complexity index is 832. The molecule has 25 heavy (non-hydrogen) atoms. The summed E-state index contributed by atoms with van der Waals surface area (Å²) in [5, 5.41) is 0.910. The van der Waals surface area contributed by atoms with Gasteiger partial charge < -0.3 is 13.9 Å². The predicted molar refractivity (Wildman–Crippen MR) is 95.2 cm³/mol. The highest BCUT2D eigenvalue weighted by atomic mass is 16.5. The Morgan fingerprint density at radius 2 is 1.84 bits per heavy atom. The first-order valence-corrected chi connectivity index (χ1v) is 8.86. The molecule has 6 heteroatoms. The van der Waals surface area contributed by atoms with Crippen molar-refractivity contribution in [3.8, 4) is 11.5 Å². The molecule has 134 valence electrons. The second kappa shape index (κ2) is 6.69. The highest BCUT2D eigenvalue weighted by molar-refractivity contribution is 5.84. The number of hydrogen-bond donors (Lipinski definition) is 0. The molecule has 0 N–H and O–H groups in total. The van der Waals surface area contributed by atoms with Crippen LogP contribution in [0, 0.1) is 0 Å². The zero-order valence-corrected chi connectivity index (χ0v) is 14.8. The van der Waals surface area contributed by atoms with Crippen molar-refractivity contribution in [2.24, 2.45) is 0 Å². The highest BCUT2D eigenvalue weighted by Crippen LogP contribution is 2.34. The Kier molecular flexibility index (Phi) is 4.39. The maximum Gasteiger partial charge on any atom is 0.336 e. The Morgan fingerprint density at radius 1 is 1.08 bits per heavy atom. The minimum atomic E-state index is -0.324. The summed E-state index contributed by atoms with van der Waals surface area (Å²) in [4.78, 5) is 17.1. The SMILES string of the molecule is COc1cc2oc(=O)cc(CN3CCCN4CCCC43)c2cc1OC. The normalized spacial score (nSPS) is 21.4. The average Bonchev–Trinajstić information content (AvgIpc) is 3.10. The molecule has 0 saturated carbocycles. The highest BCUT2D eigenvalue weighted by Gasteiger charge is 2.33. The van der Waals surface area contributed by atoms with Gasteiger partial charge >= 0.3 is 5.63 Å². The molecule has 0 bridgehead atoms. The lowest BCUT2D eigenvalue weighted by atomic mass is 10.1. The fourth-order valence-electron chi connectivity index (χ4n) is 4.20. The van der Waals surface area contributed by atoms with Gasteiger partial charge in [-0.15, -0.1) is 0 Å². The molecule has 2 fully saturated rings. The van der Waals surface area contributed by atoms with E-state index in [0.717, 1.165) is 24.0 Å². The van der Waals surface area contributed by atoms with Gasteiger partial charge in [-0.25, -0.2) is 4.79 Å². The Morgan fingerprint density at radius 3 is 2.64 bits per heavy atom. The van der Waals surface area contributed by atoms with E-state index in [2.05, 4.69) is 9.80 Å². The van der Waals surface area contributed by atoms with Gasteiger partial charge in [-0.1, -0.05) is 0 Å². The molecule has 4 rings (SSSR count). The van der Waals surface area contributed by atoms with Crippen LogP contribution in [0.5, 0.6) is 11.5 Å². The van der Waals surface area contributed by atoms with E-state index in [1.807, 2.05) is 6.07 Å². The third kappa shape index (κ3) is 3.00. The number of nitrogens with zero attached hydrogens (tertiary/aromatic N) is 2. The molecule has 1 aromatic carbocycles. The zero-order valence-electron chi connectivity index (χ0n) is 14.8. The minimum Gasteiger partial charge on any atom is -0.493 e. The molecule has 6 nitrogen and oxygen atoms in total. The summed E-state index contributed by atoms with van der Waals surface area (Å²) in [5.74, 6) is 1.21. The summed E-state index contributed by atoms with van der Waals surface area (Å²) in [6, 6.07) is 5.25. The third-order valence-corrected chi connectivity index (χ3v) is 5.35. The van der Waals surface area contributed by atoms with Crippen molar-refractivity contribution in [1.29, 1.82) is 0 Å². The van der Waals surface area contributed by atoms with Crippen LogP contribution in [-0.4, -0.2) is 49.8 Å². The number of hydrogen-bond acceptors (Lipinski definition) is 6. The van der Waals surface area contributed by atoms with Crippen molar-refractivity contribution in [1.82, 2.24) is 9.80 Å². The number of methoxy groups -OCH3 is 2. The van der Waals surface area contributed by atoms with E-state index in [9.17, 15) is 4.79 Å². The summed E-state index contributed by atoms with van der Waals surface area (Å²) < 4.78 is 16.1. The molecule has 3 heterocycles. The molecular weight excluding hydrogens is 320 g/mol. The van der Waals surface area contributed by atoms with Crippen LogP contribution >= 0.6 is 0 Å². The lowest BCUT2D eigenvalue weighted by Crippen LogP contribution is -2.49. The molecule has 2 aliphatic rings. The van der Waals surface area contributed by atoms with Crippen molar-refractivity contribution in [2.75, 3.05) is 33.9 Å². The standard InChI is InChI=1S/C19H24N2O4/c1-23-16-10-14-13(9-19(22)25-15(14)11-17(16)24-2)12-21-8-4-7-20-6-3-5-18(20)21/h9-11,18H,3-8,12H2,1-2H3. The molecule has 1 aromatic heterocycles. The number of ether oxygens (including phenoxy) is 2. The maximum absolute atomic E-state index is 12.1. The van der Waals surface area contributed by atoms with Crippen LogP contribution in [0.1, 0.15) is 24.8 Å². The molecule has 0 aliphatic carbocycles. The minimum absolute atomic E-state index is 0.324. The Labute approximate surface area is 146 Å². The van der Waals surface area contributed by atoms with Crippen LogP contribution < -0.4 is 15.1 Å². The van der Waals surface area contributed by atoms with Crippen LogP contribution in [0.15, 0.2) is 27.4 Å². The molecule has 2 saturated heterocycles. The number of benzene rings is 1. The van der Waals surface area contributed by atoms with Crippen LogP contribution in [-0.2, 0) is 6.54 Å². The van der Waals surface area contributed by atoms with E-state index >= 15 is 0 Å². The van der Waals surface area contributed by atoms with Crippen LogP contribution in [0.25, 0.3) is 11.0 Å². The average molecular weight is 344 g/mol. The molecule has 0 radical (unpaired) electrons. The molecule has 2 aliphatic heterocycles. The first kappa shape index (κ1) is 16.4. The van der Waals surface area contributed by atoms with E-state index in [-0.39, 0.29) is 5.63 Å². The summed E-state index contributed by atoms with van der Waals surface area (Å²) in [6.45, 7) is 4.18. The second-order valence-corrected chi connectivity index (χ2v) is 6.78. The Hall–Kier alpha value is -2.05. The largest absolute Gasteiger partial charge is 0.493 e. The zero-order chi connectivity index (χ0) is 17.4. The van der Waals surface area contributed by atoms with Crippen molar-refractivity contribution >= 4 is 11.0 Å². The van der Waals surface area contributed by atoms with Gasteiger partial charge in [0.1, 0.15) is 5.58 Å². The summed E-state index contributed by atoms with van der Waals surface area (Å²) >= 11 is 0. The molecule has 2 aromatic rings. The van der Waals surface area contributed by atoms with Gasteiger partial charge in [0, 0.05) is 37.2 Å². The van der Waals surface area contributed by atoms with Gasteiger partial charge in [0.25, 0.3) is 0 Å². The van der Waals surface area contributed by atoms with E-state index in [1.54, 1.807) is 26.4 Å². The molecular formula is C19H24N2O4. The van der Waals surface area contributed by atoms with Gasteiger partial charge in [-0.05, 0) is 37.4 Å². The first-order chi connectivity index (χ1) is 12.2. The maximum atomic E-state index is 12.1. The van der Waals surface area contributed by atoms with Crippen LogP contribution in [0.4, 0.5) is 0 Å². The van der Waals surface area contributed by atoms with Gasteiger partial charge in [0.2, 0.25) is 0 Å². The fourth-order valence-corrected chi connectivity index (χ4v) is 4.20. The lowest BCUT2D eigenvalue weighted by molar-refractivity contribution is 0.0289. The molecule has 1 unspecified atom stereocenters. The van der Waals surface area contributed by atoms with Crippen molar-refractivity contribution in [3.63, 3.8) is 0 Å². The Balaban J connectivity index is 1.74. The van der Waals surface area contributed by atoms with Crippen LogP contribution in [0.2, 0.25) is 0 Å². The predicted octanol–water partition coefficient (Wildman–Crippen LogP) is 2.44. The van der Waals surface area contributed by atoms with Crippen LogP contribution in [0.3, 0.4) is 0 Å². The van der Waals surface area contributed by atoms with Gasteiger partial charge in [0.15, 0.2) is 11.5 Å². The fraction of sp³-hybridized carbons (Fsp3) is 0.526. The van der Waals surface area contributed by atoms with Crippen molar-refractivity contribution in [2.45, 2.75) is 32.0 Å². The van der Waals surface area contributed by atoms with Crippen molar-refractivity contribution in [3.05, 3.63) is 34.2 Å². The first-order valence-electron chi connectivity index (χ1n) is 8.86.